The quantitative estimate of drug-likeness (QED) is 0.137. The van der Waals surface area contributed by atoms with Crippen molar-refractivity contribution in [3.8, 4) is 34.3 Å². The first kappa shape index (κ1) is 30.3. The van der Waals surface area contributed by atoms with E-state index >= 15 is 0 Å². The number of nitrogens with zero attached hydrogens (tertiary/aromatic N) is 7. The van der Waals surface area contributed by atoms with Crippen molar-refractivity contribution in [1.29, 1.82) is 5.26 Å². The number of hydrogen-bond donors (Lipinski definition) is 0. The summed E-state index contributed by atoms with van der Waals surface area (Å²) in [6.45, 7) is 6.98. The summed E-state index contributed by atoms with van der Waals surface area (Å²) in [4.78, 5) is 16.2. The number of methoxy groups -OCH3 is 1. The molecule has 0 unspecified atom stereocenters. The predicted molar refractivity (Wildman–Crippen MR) is 154 cm³/mol. The van der Waals surface area contributed by atoms with Gasteiger partial charge in [-0.25, -0.2) is 23.2 Å². The van der Waals surface area contributed by atoms with E-state index in [-0.39, 0.29) is 43.6 Å². The van der Waals surface area contributed by atoms with Crippen molar-refractivity contribution in [2.75, 3.05) is 26.9 Å². The second kappa shape index (κ2) is 12.2. The van der Waals surface area contributed by atoms with Crippen molar-refractivity contribution in [3.05, 3.63) is 35.9 Å². The Morgan fingerprint density at radius 2 is 2.07 bits per heavy atom. The van der Waals surface area contributed by atoms with Gasteiger partial charge in [0.05, 0.1) is 24.9 Å². The highest BCUT2D eigenvalue weighted by Crippen LogP contribution is 2.48. The van der Waals surface area contributed by atoms with Crippen LogP contribution in [0.4, 0.5) is 8.78 Å². The average Bonchev–Trinajstić information content (AvgIpc) is 3.63. The molecule has 4 aromatic rings. The molecule has 5 rings (SSSR count). The fraction of sp³-hybridized carbons (Fsp3) is 0.464. The molecule has 0 aromatic carbocycles. The van der Waals surface area contributed by atoms with Crippen LogP contribution in [0.25, 0.3) is 33.4 Å². The Morgan fingerprint density at radius 3 is 2.77 bits per heavy atom. The SMILES string of the molecule is COC(=O)CO[C@@H]1COc2c(-c3c(-c4cn(C)nc4C#N)c4cccnc4n3COCC[Si](C)(C)C)c(C(F)F)nn2C1. The highest BCUT2D eigenvalue weighted by atomic mass is 28.3. The Bertz CT molecular complexity index is 1690. The number of fused-ring (bicyclic) bond motifs is 2. The Morgan fingerprint density at radius 1 is 1.28 bits per heavy atom. The van der Waals surface area contributed by atoms with Gasteiger partial charge in [-0.05, 0) is 18.2 Å². The largest absolute Gasteiger partial charge is 0.474 e. The first-order chi connectivity index (χ1) is 20.5. The summed E-state index contributed by atoms with van der Waals surface area (Å²) >= 11 is 0. The van der Waals surface area contributed by atoms with Gasteiger partial charge in [-0.3, -0.25) is 4.68 Å². The van der Waals surface area contributed by atoms with E-state index in [0.29, 0.717) is 34.5 Å². The van der Waals surface area contributed by atoms with E-state index in [2.05, 4.69) is 45.6 Å². The molecule has 0 spiro atoms. The molecule has 0 aliphatic carbocycles. The summed E-state index contributed by atoms with van der Waals surface area (Å²) in [6.07, 6.45) is -0.291. The molecule has 1 atom stereocenters. The van der Waals surface area contributed by atoms with Crippen LogP contribution in [-0.4, -0.2) is 76.2 Å². The van der Waals surface area contributed by atoms with E-state index in [1.165, 1.54) is 16.5 Å². The first-order valence-corrected chi connectivity index (χ1v) is 17.4. The minimum Gasteiger partial charge on any atom is -0.474 e. The summed E-state index contributed by atoms with van der Waals surface area (Å²) in [5.74, 6) is -0.455. The third-order valence-electron chi connectivity index (χ3n) is 7.06. The smallest absolute Gasteiger partial charge is 0.331 e. The molecule has 0 radical (unpaired) electrons. The van der Waals surface area contributed by atoms with Crippen LogP contribution in [0.5, 0.6) is 5.88 Å². The number of carbonyl (C=O) groups excluding carboxylic acids is 1. The Balaban J connectivity index is 1.71. The van der Waals surface area contributed by atoms with Crippen molar-refractivity contribution < 1.29 is 32.5 Å². The molecule has 0 amide bonds. The number of carbonyl (C=O) groups is 1. The number of pyridine rings is 1. The lowest BCUT2D eigenvalue weighted by Crippen LogP contribution is -2.34. The second-order valence-electron chi connectivity index (χ2n) is 11.4. The number of rotatable bonds is 11. The van der Waals surface area contributed by atoms with Gasteiger partial charge in [0.25, 0.3) is 6.43 Å². The summed E-state index contributed by atoms with van der Waals surface area (Å²) in [5, 5.41) is 19.1. The molecule has 0 bridgehead atoms. The van der Waals surface area contributed by atoms with Crippen LogP contribution < -0.4 is 4.74 Å². The van der Waals surface area contributed by atoms with Crippen LogP contribution in [0.15, 0.2) is 24.5 Å². The van der Waals surface area contributed by atoms with Crippen LogP contribution in [0.2, 0.25) is 25.7 Å². The van der Waals surface area contributed by atoms with Gasteiger partial charge < -0.3 is 23.5 Å². The number of nitriles is 1. The highest BCUT2D eigenvalue weighted by Gasteiger charge is 2.36. The van der Waals surface area contributed by atoms with Crippen molar-refractivity contribution in [2.24, 2.45) is 7.05 Å². The number of hydrogen-bond acceptors (Lipinski definition) is 9. The van der Waals surface area contributed by atoms with Crippen LogP contribution in [-0.2, 0) is 39.3 Å². The van der Waals surface area contributed by atoms with Gasteiger partial charge in [-0.15, -0.1) is 0 Å². The van der Waals surface area contributed by atoms with E-state index in [9.17, 15) is 18.8 Å². The molecule has 5 heterocycles. The normalized spacial score (nSPS) is 15.0. The summed E-state index contributed by atoms with van der Waals surface area (Å²) in [6, 6.07) is 6.60. The molecule has 12 nitrogen and oxygen atoms in total. The molecule has 0 N–H and O–H groups in total. The van der Waals surface area contributed by atoms with E-state index < -0.39 is 32.3 Å². The second-order valence-corrected chi connectivity index (χ2v) is 17.0. The summed E-state index contributed by atoms with van der Waals surface area (Å²) in [5.41, 5.74) is 1.46. The molecule has 43 heavy (non-hydrogen) atoms. The Hall–Kier alpha value is -4.13. The van der Waals surface area contributed by atoms with Crippen molar-refractivity contribution >= 4 is 25.1 Å². The van der Waals surface area contributed by atoms with Gasteiger partial charge in [0.15, 0.2) is 5.69 Å². The molecular formula is C28H33F2N7O5Si. The predicted octanol–water partition coefficient (Wildman–Crippen LogP) is 4.37. The van der Waals surface area contributed by atoms with E-state index in [1.807, 2.05) is 6.07 Å². The zero-order chi connectivity index (χ0) is 30.9. The van der Waals surface area contributed by atoms with Crippen LogP contribution in [0.3, 0.4) is 0 Å². The van der Waals surface area contributed by atoms with E-state index in [0.717, 1.165) is 6.04 Å². The zero-order valence-electron chi connectivity index (χ0n) is 24.6. The molecular weight excluding hydrogens is 580 g/mol. The van der Waals surface area contributed by atoms with Gasteiger partial charge in [-0.1, -0.05) is 19.6 Å². The zero-order valence-corrected chi connectivity index (χ0v) is 25.6. The maximum atomic E-state index is 14.8. The third-order valence-corrected chi connectivity index (χ3v) is 8.77. The minimum atomic E-state index is -2.96. The molecule has 0 saturated heterocycles. The topological polar surface area (TPSA) is 131 Å². The Kier molecular flexibility index (Phi) is 8.63. The monoisotopic (exact) mass is 613 g/mol. The number of aromatic nitrogens is 6. The number of halogens is 2. The van der Waals surface area contributed by atoms with E-state index in [4.69, 9.17) is 14.2 Å². The number of esters is 1. The third kappa shape index (κ3) is 6.17. The van der Waals surface area contributed by atoms with Gasteiger partial charge >= 0.3 is 5.97 Å². The molecule has 4 aromatic heterocycles. The first-order valence-electron chi connectivity index (χ1n) is 13.7. The van der Waals surface area contributed by atoms with Crippen LogP contribution >= 0.6 is 0 Å². The molecule has 0 saturated carbocycles. The van der Waals surface area contributed by atoms with Gasteiger partial charge in [0.2, 0.25) is 5.88 Å². The standard InChI is InChI=1S/C28H33F2N7O5Si/c1-35-13-19(20(11-31)33-35)22-18-7-6-8-32-27(18)36(16-40-9-10-43(3,4)5)25(22)23-24(26(29)30)34-37-12-17(14-42-28(23)37)41-15-21(38)39-2/h6-8,13,17,26H,9-10,12,14-16H2,1-5H3/t17-/m0/s1. The van der Waals surface area contributed by atoms with Crippen molar-refractivity contribution in [1.82, 2.24) is 29.1 Å². The number of aryl methyl sites for hydroxylation is 1. The lowest BCUT2D eigenvalue weighted by Gasteiger charge is -2.25. The lowest BCUT2D eigenvalue weighted by molar-refractivity contribution is -0.149. The minimum absolute atomic E-state index is 0.00474. The fourth-order valence-corrected chi connectivity index (χ4v) is 5.75. The Labute approximate surface area is 247 Å². The van der Waals surface area contributed by atoms with Crippen LogP contribution in [0.1, 0.15) is 17.8 Å². The van der Waals surface area contributed by atoms with E-state index in [1.54, 1.807) is 30.1 Å². The summed E-state index contributed by atoms with van der Waals surface area (Å²) < 4.78 is 56.4. The molecule has 0 fully saturated rings. The van der Waals surface area contributed by atoms with Crippen molar-refractivity contribution in [3.63, 3.8) is 0 Å². The highest BCUT2D eigenvalue weighted by molar-refractivity contribution is 6.76. The molecule has 228 valence electrons. The van der Waals surface area contributed by atoms with Gasteiger partial charge in [0, 0.05) is 50.6 Å². The van der Waals surface area contributed by atoms with Gasteiger partial charge in [-0.2, -0.15) is 15.5 Å². The molecule has 1 aliphatic heterocycles. The van der Waals surface area contributed by atoms with Crippen LogP contribution in [0, 0.1) is 11.3 Å². The average molecular weight is 614 g/mol. The fourth-order valence-electron chi connectivity index (χ4n) is 5.00. The van der Waals surface area contributed by atoms with Gasteiger partial charge in [0.1, 0.15) is 43.5 Å². The number of alkyl halides is 2. The van der Waals surface area contributed by atoms with Crippen molar-refractivity contribution in [2.45, 2.75) is 51.5 Å². The maximum Gasteiger partial charge on any atom is 0.331 e. The lowest BCUT2D eigenvalue weighted by atomic mass is 9.99. The number of ether oxygens (including phenoxy) is 4. The maximum absolute atomic E-state index is 14.8. The molecule has 1 aliphatic rings. The molecule has 15 heteroatoms. The summed E-state index contributed by atoms with van der Waals surface area (Å²) in [7, 11) is 1.52.